The number of anilines is 1. The lowest BCUT2D eigenvalue weighted by atomic mass is 9.65. The maximum Gasteiger partial charge on any atom is 0.303 e. The first-order valence-corrected chi connectivity index (χ1v) is 15.3. The van der Waals surface area contributed by atoms with Crippen LogP contribution in [-0.4, -0.2) is 70.0 Å². The summed E-state index contributed by atoms with van der Waals surface area (Å²) in [5.41, 5.74) is 1.71. The second-order valence-corrected chi connectivity index (χ2v) is 13.2. The minimum Gasteiger partial charge on any atom is -0.481 e. The van der Waals surface area contributed by atoms with Crippen molar-refractivity contribution in [2.45, 2.75) is 88.9 Å². The van der Waals surface area contributed by atoms with E-state index in [0.29, 0.717) is 37.0 Å². The van der Waals surface area contributed by atoms with Gasteiger partial charge >= 0.3 is 5.97 Å². The highest BCUT2D eigenvalue weighted by molar-refractivity contribution is 5.77. The first-order chi connectivity index (χ1) is 19.0. The Kier molecular flexibility index (Phi) is 6.66. The third-order valence-corrected chi connectivity index (χ3v) is 10.6. The van der Waals surface area contributed by atoms with Crippen LogP contribution in [0.25, 0.3) is 11.0 Å². The lowest BCUT2D eigenvalue weighted by molar-refractivity contribution is -0.138. The average molecular weight is 535 g/mol. The third-order valence-electron chi connectivity index (χ3n) is 10.6. The molecule has 1 aromatic heterocycles. The van der Waals surface area contributed by atoms with Gasteiger partial charge in [0, 0.05) is 43.2 Å². The van der Waals surface area contributed by atoms with E-state index in [2.05, 4.69) is 11.8 Å². The normalized spacial score (nSPS) is 35.1. The van der Waals surface area contributed by atoms with E-state index in [-0.39, 0.29) is 23.9 Å². The zero-order valence-corrected chi connectivity index (χ0v) is 23.1. The Hall–Kier alpha value is -2.45. The number of carboxylic acid groups (broad SMARTS) is 1. The Morgan fingerprint density at radius 3 is 2.28 bits per heavy atom. The van der Waals surface area contributed by atoms with Gasteiger partial charge in [0.2, 0.25) is 0 Å². The van der Waals surface area contributed by atoms with Crippen molar-refractivity contribution in [1.29, 1.82) is 0 Å². The third kappa shape index (κ3) is 4.67. The summed E-state index contributed by atoms with van der Waals surface area (Å²) in [7, 11) is 0. The number of morpholine rings is 1. The first-order valence-electron chi connectivity index (χ1n) is 15.3. The largest absolute Gasteiger partial charge is 0.481 e. The minimum atomic E-state index is -0.782. The molecular weight excluding hydrogens is 492 g/mol. The molecule has 8 nitrogen and oxygen atoms in total. The van der Waals surface area contributed by atoms with Gasteiger partial charge in [0.15, 0.2) is 5.82 Å². The Morgan fingerprint density at radius 1 is 0.923 bits per heavy atom. The second-order valence-electron chi connectivity index (χ2n) is 13.2. The van der Waals surface area contributed by atoms with Gasteiger partial charge in [0.25, 0.3) is 5.56 Å². The summed E-state index contributed by atoms with van der Waals surface area (Å²) < 4.78 is 8.16. The molecule has 3 unspecified atom stereocenters. The molecule has 1 N–H and O–H groups in total. The molecule has 1 aromatic carbocycles. The van der Waals surface area contributed by atoms with E-state index in [1.165, 1.54) is 38.5 Å². The lowest BCUT2D eigenvalue weighted by Crippen LogP contribution is -2.62. The number of carbonyl (C=O) groups is 1. The second kappa shape index (κ2) is 10.2. The van der Waals surface area contributed by atoms with E-state index in [4.69, 9.17) is 14.8 Å². The molecule has 3 saturated heterocycles. The lowest BCUT2D eigenvalue weighted by Gasteiger charge is -2.55. The van der Waals surface area contributed by atoms with Gasteiger partial charge in [-0.3, -0.25) is 14.5 Å². The predicted octanol–water partition coefficient (Wildman–Crippen LogP) is 4.32. The Morgan fingerprint density at radius 2 is 1.62 bits per heavy atom. The number of benzene rings is 1. The van der Waals surface area contributed by atoms with Crippen molar-refractivity contribution in [3.8, 4) is 0 Å². The number of ether oxygens (including phenoxy) is 1. The number of aromatic nitrogens is 2. The first kappa shape index (κ1) is 25.5. The van der Waals surface area contributed by atoms with Gasteiger partial charge < -0.3 is 19.3 Å². The highest BCUT2D eigenvalue weighted by Gasteiger charge is 2.47. The maximum absolute atomic E-state index is 14.0. The highest BCUT2D eigenvalue weighted by Crippen LogP contribution is 2.47. The smallest absolute Gasteiger partial charge is 0.303 e. The number of hydrogen-bond acceptors (Lipinski definition) is 6. The molecule has 5 aliphatic rings. The van der Waals surface area contributed by atoms with Crippen LogP contribution < -0.4 is 10.5 Å². The number of carboxylic acids is 1. The summed E-state index contributed by atoms with van der Waals surface area (Å²) in [5, 5.41) is 9.17. The van der Waals surface area contributed by atoms with Crippen LogP contribution in [0.3, 0.4) is 0 Å². The van der Waals surface area contributed by atoms with Gasteiger partial charge in [-0.15, -0.1) is 0 Å². The van der Waals surface area contributed by atoms with Crippen LogP contribution in [0.4, 0.5) is 5.82 Å². The van der Waals surface area contributed by atoms with E-state index in [0.717, 1.165) is 54.8 Å². The van der Waals surface area contributed by atoms with Crippen LogP contribution >= 0.6 is 0 Å². The standard InChI is InChI=1S/C31H42N4O4/c1-2-19-7-20-9-21(8-19)11-23(10-20)34-25-13-24(14-26(34)18-39-17-25)35-28-6-4-3-5-27(28)32-30(31(35)38)33-15-22(16-33)12-29(36)37/h3-6,19-26H,2,7-18H2,1H3,(H,36,37)/t19?,20-,21+,23?,24?,25-,26+. The van der Waals surface area contributed by atoms with Crippen molar-refractivity contribution in [1.82, 2.24) is 14.5 Å². The van der Waals surface area contributed by atoms with Gasteiger partial charge in [-0.25, -0.2) is 4.98 Å². The summed E-state index contributed by atoms with van der Waals surface area (Å²) >= 11 is 0. The molecule has 2 aromatic rings. The summed E-state index contributed by atoms with van der Waals surface area (Å²) in [4.78, 5) is 34.8. The molecule has 4 bridgehead atoms. The van der Waals surface area contributed by atoms with Crippen molar-refractivity contribution in [3.63, 3.8) is 0 Å². The fourth-order valence-corrected chi connectivity index (χ4v) is 9.08. The number of para-hydroxylation sites is 2. The topological polar surface area (TPSA) is 87.9 Å². The van der Waals surface area contributed by atoms with Crippen LogP contribution in [0.15, 0.2) is 29.1 Å². The average Bonchev–Trinajstić information content (AvgIpc) is 2.89. The van der Waals surface area contributed by atoms with Gasteiger partial charge in [-0.1, -0.05) is 25.5 Å². The quantitative estimate of drug-likeness (QED) is 0.591. The van der Waals surface area contributed by atoms with Crippen molar-refractivity contribution in [2.24, 2.45) is 23.7 Å². The Balaban J connectivity index is 1.16. The van der Waals surface area contributed by atoms with E-state index in [9.17, 15) is 9.59 Å². The Bertz CT molecular complexity index is 1260. The van der Waals surface area contributed by atoms with Gasteiger partial charge in [0.1, 0.15) is 0 Å². The summed E-state index contributed by atoms with van der Waals surface area (Å²) in [6.45, 7) is 5.02. The molecule has 0 amide bonds. The maximum atomic E-state index is 14.0. The molecule has 210 valence electrons. The zero-order valence-electron chi connectivity index (χ0n) is 23.1. The summed E-state index contributed by atoms with van der Waals surface area (Å²) in [6, 6.07) is 9.46. The van der Waals surface area contributed by atoms with Crippen LogP contribution in [-0.2, 0) is 9.53 Å². The van der Waals surface area contributed by atoms with Crippen molar-refractivity contribution < 1.29 is 14.6 Å². The number of aliphatic carboxylic acids is 1. The van der Waals surface area contributed by atoms with Crippen LogP contribution in [0.2, 0.25) is 0 Å². The SMILES string of the molecule is CCC1C[C@@H]2CC(N3[C@@H]4COC[C@H]3CC(n3c(=O)c(N5CC(CC(=O)O)C5)nc5ccccc53)C4)C[C@H](C1)C2. The van der Waals surface area contributed by atoms with Gasteiger partial charge in [-0.2, -0.15) is 0 Å². The molecule has 2 saturated carbocycles. The van der Waals surface area contributed by atoms with Crippen molar-refractivity contribution in [3.05, 3.63) is 34.6 Å². The van der Waals surface area contributed by atoms with Crippen LogP contribution in [0.1, 0.15) is 70.8 Å². The molecule has 7 atom stereocenters. The van der Waals surface area contributed by atoms with Gasteiger partial charge in [-0.05, 0) is 74.8 Å². The molecule has 2 aliphatic carbocycles. The molecular formula is C31H42N4O4. The molecule has 0 spiro atoms. The monoisotopic (exact) mass is 534 g/mol. The number of piperidine rings is 1. The minimum absolute atomic E-state index is 0.0299. The number of nitrogens with zero attached hydrogens (tertiary/aromatic N) is 4. The van der Waals surface area contributed by atoms with Gasteiger partial charge in [0.05, 0.1) is 30.7 Å². The number of fused-ring (bicyclic) bond motifs is 5. The molecule has 3 aliphatic heterocycles. The van der Waals surface area contributed by atoms with Crippen molar-refractivity contribution >= 4 is 22.8 Å². The van der Waals surface area contributed by atoms with Crippen LogP contribution in [0, 0.1) is 23.7 Å². The molecule has 7 rings (SSSR count). The molecule has 4 heterocycles. The summed E-state index contributed by atoms with van der Waals surface area (Å²) in [5.74, 6) is 2.45. The number of rotatable bonds is 6. The fourth-order valence-electron chi connectivity index (χ4n) is 9.08. The van der Waals surface area contributed by atoms with E-state index in [1.54, 1.807) is 0 Å². The molecule has 5 fully saturated rings. The molecule has 8 heteroatoms. The molecule has 0 radical (unpaired) electrons. The zero-order chi connectivity index (χ0) is 26.7. The fraction of sp³-hybridized carbons (Fsp3) is 0.710. The van der Waals surface area contributed by atoms with E-state index < -0.39 is 5.97 Å². The highest BCUT2D eigenvalue weighted by atomic mass is 16.5. The predicted molar refractivity (Wildman–Crippen MR) is 150 cm³/mol. The van der Waals surface area contributed by atoms with Crippen molar-refractivity contribution in [2.75, 3.05) is 31.2 Å². The molecule has 39 heavy (non-hydrogen) atoms. The number of hydrogen-bond donors (Lipinski definition) is 1. The van der Waals surface area contributed by atoms with E-state index >= 15 is 0 Å². The Labute approximate surface area is 230 Å². The summed E-state index contributed by atoms with van der Waals surface area (Å²) in [6.07, 6.45) is 10.2. The van der Waals surface area contributed by atoms with E-state index in [1.807, 2.05) is 33.7 Å². The van der Waals surface area contributed by atoms with Crippen LogP contribution in [0.5, 0.6) is 0 Å².